The van der Waals surface area contributed by atoms with Gasteiger partial charge in [0.25, 0.3) is 0 Å². The van der Waals surface area contributed by atoms with E-state index in [1.165, 1.54) is 11.3 Å². The van der Waals surface area contributed by atoms with Crippen molar-refractivity contribution >= 4 is 0 Å². The molecule has 252 valence electrons. The molecule has 5 aromatic carbocycles. The van der Waals surface area contributed by atoms with E-state index in [0.29, 0.717) is 12.4 Å². The fourth-order valence-electron chi connectivity index (χ4n) is 7.21. The molecule has 0 radical (unpaired) electrons. The van der Waals surface area contributed by atoms with Gasteiger partial charge in [-0.05, 0) is 52.1 Å². The Morgan fingerprint density at radius 1 is 0.706 bits per heavy atom. The van der Waals surface area contributed by atoms with Gasteiger partial charge in [-0.2, -0.15) is 0 Å². The van der Waals surface area contributed by atoms with Crippen LogP contribution in [0.3, 0.4) is 0 Å². The minimum Gasteiger partial charge on any atom is -0.488 e. The largest absolute Gasteiger partial charge is 0.488 e. The number of hydrogen-bond acceptors (Lipinski definition) is 6. The zero-order valence-electron chi connectivity index (χ0n) is 29.0. The standard InChI is InChI=1S/C44H40N6O/c1-3-37-29-42(40-30-49(2)28-27-41(40)45-37)51-31-32-23-25-33(26-24-32)38-21-13-14-22-39(38)43-46-48-50(47-43)44(34-15-7-4-8-16-34,35-17-9-5-10-18-35)36-19-11-6-12-20-36/h4-26,29H,3,27-28,30-31H2,1-2H3. The Morgan fingerprint density at radius 2 is 1.29 bits per heavy atom. The fourth-order valence-corrected chi connectivity index (χ4v) is 7.21. The highest BCUT2D eigenvalue weighted by Gasteiger charge is 2.41. The number of nitrogens with zero attached hydrogens (tertiary/aromatic N) is 6. The van der Waals surface area contributed by atoms with E-state index < -0.39 is 5.54 Å². The minimum absolute atomic E-state index is 0.488. The number of hydrogen-bond donors (Lipinski definition) is 0. The fraction of sp³-hybridized carbons (Fsp3) is 0.182. The molecular formula is C44H40N6O. The van der Waals surface area contributed by atoms with Crippen LogP contribution in [0.5, 0.6) is 5.75 Å². The third-order valence-corrected chi connectivity index (χ3v) is 9.86. The number of aryl methyl sites for hydroxylation is 1. The lowest BCUT2D eigenvalue weighted by Crippen LogP contribution is -2.39. The van der Waals surface area contributed by atoms with E-state index in [-0.39, 0.29) is 0 Å². The van der Waals surface area contributed by atoms with Gasteiger partial charge >= 0.3 is 0 Å². The lowest BCUT2D eigenvalue weighted by Gasteiger charge is -2.34. The molecule has 0 amide bonds. The van der Waals surface area contributed by atoms with Gasteiger partial charge in [-0.15, -0.1) is 15.0 Å². The third-order valence-electron chi connectivity index (χ3n) is 9.86. The Kier molecular flexibility index (Phi) is 8.95. The average Bonchev–Trinajstić information content (AvgIpc) is 3.69. The summed E-state index contributed by atoms with van der Waals surface area (Å²) in [6.07, 6.45) is 1.85. The summed E-state index contributed by atoms with van der Waals surface area (Å²) < 4.78 is 6.47. The Balaban J connectivity index is 1.13. The first-order chi connectivity index (χ1) is 25.1. The van der Waals surface area contributed by atoms with E-state index in [1.807, 2.05) is 24.3 Å². The number of rotatable bonds is 10. The van der Waals surface area contributed by atoms with Gasteiger partial charge in [-0.3, -0.25) is 4.98 Å². The van der Waals surface area contributed by atoms with Crippen molar-refractivity contribution in [3.63, 3.8) is 0 Å². The average molecular weight is 669 g/mol. The van der Waals surface area contributed by atoms with Crippen LogP contribution in [0.25, 0.3) is 22.5 Å². The van der Waals surface area contributed by atoms with Gasteiger partial charge in [0.05, 0.1) is 5.69 Å². The predicted octanol–water partition coefficient (Wildman–Crippen LogP) is 8.37. The van der Waals surface area contributed by atoms with Gasteiger partial charge in [0.15, 0.2) is 5.54 Å². The maximum atomic E-state index is 6.47. The smallest absolute Gasteiger partial charge is 0.205 e. The number of benzene rings is 5. The zero-order valence-corrected chi connectivity index (χ0v) is 29.0. The van der Waals surface area contributed by atoms with Crippen molar-refractivity contribution in [3.8, 4) is 28.3 Å². The molecule has 2 aromatic heterocycles. The van der Waals surface area contributed by atoms with Crippen LogP contribution in [0.2, 0.25) is 0 Å². The van der Waals surface area contributed by atoms with Crippen LogP contribution in [0.4, 0.5) is 0 Å². The maximum Gasteiger partial charge on any atom is 0.205 e. The van der Waals surface area contributed by atoms with Gasteiger partial charge in [-0.1, -0.05) is 146 Å². The summed E-state index contributed by atoms with van der Waals surface area (Å²) in [5.41, 5.74) is 9.88. The predicted molar refractivity (Wildman–Crippen MR) is 201 cm³/mol. The van der Waals surface area contributed by atoms with Crippen molar-refractivity contribution in [1.29, 1.82) is 0 Å². The normalized spacial score (nSPS) is 13.1. The lowest BCUT2D eigenvalue weighted by molar-refractivity contribution is 0.272. The SMILES string of the molecule is CCc1cc(OCc2ccc(-c3ccccc3-c3nnn(C(c4ccccc4)(c4ccccc4)c4ccccc4)n3)cc2)c2c(n1)CCN(C)C2. The number of fused-ring (bicyclic) bond motifs is 1. The van der Waals surface area contributed by atoms with Crippen molar-refractivity contribution < 1.29 is 4.74 Å². The molecule has 7 aromatic rings. The Morgan fingerprint density at radius 3 is 1.90 bits per heavy atom. The van der Waals surface area contributed by atoms with Crippen LogP contribution < -0.4 is 4.74 Å². The number of pyridine rings is 1. The first-order valence-electron chi connectivity index (χ1n) is 17.6. The maximum absolute atomic E-state index is 6.47. The van der Waals surface area contributed by atoms with Crippen LogP contribution >= 0.6 is 0 Å². The summed E-state index contributed by atoms with van der Waals surface area (Å²) in [6.45, 7) is 4.52. The van der Waals surface area contributed by atoms with Crippen LogP contribution in [0.15, 0.2) is 146 Å². The summed E-state index contributed by atoms with van der Waals surface area (Å²) in [4.78, 5) is 9.00. The van der Waals surface area contributed by atoms with Crippen molar-refractivity contribution in [2.24, 2.45) is 0 Å². The summed E-state index contributed by atoms with van der Waals surface area (Å²) in [7, 11) is 2.15. The molecule has 51 heavy (non-hydrogen) atoms. The highest BCUT2D eigenvalue weighted by Crippen LogP contribution is 2.40. The number of tetrazole rings is 1. The van der Waals surface area contributed by atoms with E-state index in [2.05, 4.69) is 140 Å². The first kappa shape index (κ1) is 32.3. The summed E-state index contributed by atoms with van der Waals surface area (Å²) >= 11 is 0. The molecule has 0 bridgehead atoms. The number of ether oxygens (including phenoxy) is 1. The molecule has 0 atom stereocenters. The molecule has 0 unspecified atom stereocenters. The van der Waals surface area contributed by atoms with Crippen LogP contribution in [-0.4, -0.2) is 43.7 Å². The van der Waals surface area contributed by atoms with E-state index in [9.17, 15) is 0 Å². The first-order valence-corrected chi connectivity index (χ1v) is 17.6. The third kappa shape index (κ3) is 6.21. The summed E-state index contributed by atoms with van der Waals surface area (Å²) in [6, 6.07) is 50.2. The molecule has 0 saturated heterocycles. The second kappa shape index (κ2) is 14.1. The molecule has 1 aliphatic heterocycles. The van der Waals surface area contributed by atoms with Crippen molar-refractivity contribution in [3.05, 3.63) is 185 Å². The van der Waals surface area contributed by atoms with Crippen LogP contribution in [0.1, 0.15) is 46.1 Å². The van der Waals surface area contributed by atoms with Gasteiger partial charge in [0.2, 0.25) is 5.82 Å². The van der Waals surface area contributed by atoms with E-state index in [0.717, 1.165) is 76.3 Å². The quantitative estimate of drug-likeness (QED) is 0.137. The highest BCUT2D eigenvalue weighted by atomic mass is 16.5. The topological polar surface area (TPSA) is 69.0 Å². The molecule has 0 fully saturated rings. The lowest BCUT2D eigenvalue weighted by atomic mass is 9.77. The second-order valence-corrected chi connectivity index (χ2v) is 13.1. The van der Waals surface area contributed by atoms with Crippen molar-refractivity contribution in [2.75, 3.05) is 13.6 Å². The van der Waals surface area contributed by atoms with E-state index >= 15 is 0 Å². The zero-order chi connectivity index (χ0) is 34.6. The van der Waals surface area contributed by atoms with E-state index in [1.54, 1.807) is 4.80 Å². The van der Waals surface area contributed by atoms with Crippen LogP contribution in [0, 0.1) is 0 Å². The summed E-state index contributed by atoms with van der Waals surface area (Å²) in [5.74, 6) is 1.51. The van der Waals surface area contributed by atoms with E-state index in [4.69, 9.17) is 25.1 Å². The number of aromatic nitrogens is 5. The van der Waals surface area contributed by atoms with Gasteiger partial charge in [-0.25, -0.2) is 0 Å². The van der Waals surface area contributed by atoms with Crippen LogP contribution in [-0.2, 0) is 31.5 Å². The number of likely N-dealkylation sites (N-methyl/N-ethyl adjacent to an activating group) is 1. The Labute approximate surface area is 299 Å². The minimum atomic E-state index is -0.840. The van der Waals surface area contributed by atoms with Gasteiger partial charge in [0.1, 0.15) is 12.4 Å². The molecule has 8 rings (SSSR count). The van der Waals surface area contributed by atoms with Crippen molar-refractivity contribution in [1.82, 2.24) is 30.1 Å². The molecule has 1 aliphatic rings. The molecule has 7 heteroatoms. The second-order valence-electron chi connectivity index (χ2n) is 13.1. The molecule has 3 heterocycles. The summed E-state index contributed by atoms with van der Waals surface area (Å²) in [5, 5.41) is 14.7. The molecular weight excluding hydrogens is 629 g/mol. The van der Waals surface area contributed by atoms with Gasteiger partial charge < -0.3 is 9.64 Å². The monoisotopic (exact) mass is 668 g/mol. The van der Waals surface area contributed by atoms with Gasteiger partial charge in [0, 0.05) is 42.4 Å². The van der Waals surface area contributed by atoms with Crippen molar-refractivity contribution in [2.45, 2.75) is 38.5 Å². The Bertz CT molecular complexity index is 2140. The molecule has 0 aliphatic carbocycles. The molecule has 0 spiro atoms. The Hall–Kier alpha value is -5.92. The highest BCUT2D eigenvalue weighted by molar-refractivity contribution is 5.80. The molecule has 7 nitrogen and oxygen atoms in total. The molecule has 0 N–H and O–H groups in total. The molecule has 0 saturated carbocycles.